The fraction of sp³-hybridized carbons (Fsp3) is 0.500. The molecule has 5 nitrogen and oxygen atoms in total. The van der Waals surface area contributed by atoms with Gasteiger partial charge in [-0.1, -0.05) is 42.5 Å². The first-order chi connectivity index (χ1) is 10.7. The molecule has 23 heavy (non-hydrogen) atoms. The number of hydrogen-bond donors (Lipinski definition) is 1. The summed E-state index contributed by atoms with van der Waals surface area (Å²) in [7, 11) is 0.208. The van der Waals surface area contributed by atoms with Crippen LogP contribution in [0, 0.1) is 0 Å². The Balaban J connectivity index is 2.70. The molecule has 0 aromatic heterocycles. The van der Waals surface area contributed by atoms with E-state index in [2.05, 4.69) is 34.9 Å². The number of hydrogen-bond acceptors (Lipinski definition) is 4. The Morgan fingerprint density at radius 2 is 2.04 bits per heavy atom. The largest absolute Gasteiger partial charge is 0.453 e. The molecule has 0 saturated carbocycles. The van der Waals surface area contributed by atoms with E-state index in [1.165, 1.54) is 7.11 Å². The zero-order chi connectivity index (χ0) is 17.5. The predicted octanol–water partition coefficient (Wildman–Crippen LogP) is 4.27. The van der Waals surface area contributed by atoms with Crippen LogP contribution >= 0.6 is 11.6 Å². The Morgan fingerprint density at radius 1 is 1.35 bits per heavy atom. The molecule has 1 rings (SSSR count). The van der Waals surface area contributed by atoms with Gasteiger partial charge >= 0.3 is 6.09 Å². The normalized spacial score (nSPS) is 12.0. The summed E-state index contributed by atoms with van der Waals surface area (Å²) in [6.45, 7) is 9.71. The quantitative estimate of drug-likeness (QED) is 0.343. The van der Waals surface area contributed by atoms with Crippen molar-refractivity contribution in [2.45, 2.75) is 39.2 Å². The van der Waals surface area contributed by atoms with E-state index in [1.807, 2.05) is 19.1 Å². The summed E-state index contributed by atoms with van der Waals surface area (Å²) >= 11 is 6.15. The first kappa shape index (κ1) is 19.5. The number of oxime groups is 1. The maximum Gasteiger partial charge on any atom is 0.407 e. The highest BCUT2D eigenvalue weighted by molar-refractivity contribution is 6.76. The number of benzene rings is 1. The average molecular weight is 357 g/mol. The Labute approximate surface area is 144 Å². The van der Waals surface area contributed by atoms with Crippen molar-refractivity contribution < 1.29 is 14.4 Å². The molecule has 0 unspecified atom stereocenters. The molecule has 0 aliphatic heterocycles. The SMILES string of the molecule is COC(=O)NCc1cc(C(C)=NOCC[Si](C)(C)C)ccc1Cl. The Morgan fingerprint density at radius 3 is 2.65 bits per heavy atom. The van der Waals surface area contributed by atoms with Crippen LogP contribution in [-0.4, -0.2) is 33.6 Å². The van der Waals surface area contributed by atoms with E-state index in [1.54, 1.807) is 6.07 Å². The number of alkyl carbamates (subject to hydrolysis) is 1. The molecule has 0 aliphatic rings. The van der Waals surface area contributed by atoms with Gasteiger partial charge in [0.15, 0.2) is 0 Å². The number of nitrogens with one attached hydrogen (secondary N) is 1. The lowest BCUT2D eigenvalue weighted by atomic mass is 10.1. The number of carbonyl (C=O) groups excluding carboxylic acids is 1. The third-order valence-electron chi connectivity index (χ3n) is 3.22. The fourth-order valence-electron chi connectivity index (χ4n) is 1.72. The number of nitrogens with zero attached hydrogens (tertiary/aromatic N) is 1. The molecule has 128 valence electrons. The van der Waals surface area contributed by atoms with Gasteiger partial charge < -0.3 is 14.9 Å². The van der Waals surface area contributed by atoms with Crippen LogP contribution in [0.15, 0.2) is 23.4 Å². The lowest BCUT2D eigenvalue weighted by Crippen LogP contribution is -2.22. The van der Waals surface area contributed by atoms with Gasteiger partial charge in [0.2, 0.25) is 0 Å². The van der Waals surface area contributed by atoms with E-state index < -0.39 is 14.2 Å². The molecule has 0 spiro atoms. The summed E-state index contributed by atoms with van der Waals surface area (Å²) in [5.41, 5.74) is 2.48. The second-order valence-corrected chi connectivity index (χ2v) is 12.5. The smallest absolute Gasteiger partial charge is 0.407 e. The van der Waals surface area contributed by atoms with E-state index in [9.17, 15) is 4.79 Å². The topological polar surface area (TPSA) is 59.9 Å². The standard InChI is InChI=1S/C16H25ClN2O3Si/c1-12(19-22-8-9-23(3,4)5)13-6-7-15(17)14(10-13)11-18-16(20)21-2/h6-7,10H,8-9,11H2,1-5H3,(H,18,20). The van der Waals surface area contributed by atoms with Crippen LogP contribution in [0.5, 0.6) is 0 Å². The van der Waals surface area contributed by atoms with Crippen LogP contribution in [0.2, 0.25) is 30.7 Å². The number of methoxy groups -OCH3 is 1. The van der Waals surface area contributed by atoms with Crippen molar-refractivity contribution in [2.24, 2.45) is 5.16 Å². The summed E-state index contributed by atoms with van der Waals surface area (Å²) in [5, 5.41) is 7.36. The molecule has 0 fully saturated rings. The fourth-order valence-corrected chi connectivity index (χ4v) is 2.61. The van der Waals surface area contributed by atoms with Crippen LogP contribution in [0.4, 0.5) is 4.79 Å². The van der Waals surface area contributed by atoms with Crippen LogP contribution in [-0.2, 0) is 16.1 Å². The molecule has 0 heterocycles. The Bertz CT molecular complexity index is 571. The number of halogens is 1. The molecule has 0 radical (unpaired) electrons. The van der Waals surface area contributed by atoms with Crippen molar-refractivity contribution in [2.75, 3.05) is 13.7 Å². The van der Waals surface area contributed by atoms with Crippen molar-refractivity contribution in [1.29, 1.82) is 0 Å². The van der Waals surface area contributed by atoms with E-state index in [0.29, 0.717) is 18.2 Å². The maximum absolute atomic E-state index is 11.2. The molecular formula is C16H25ClN2O3Si. The van der Waals surface area contributed by atoms with Crippen LogP contribution in [0.1, 0.15) is 18.1 Å². The number of amides is 1. The minimum Gasteiger partial charge on any atom is -0.453 e. The average Bonchev–Trinajstić information content (AvgIpc) is 2.49. The highest BCUT2D eigenvalue weighted by Gasteiger charge is 2.12. The molecule has 0 bridgehead atoms. The zero-order valence-corrected chi connectivity index (χ0v) is 16.2. The minimum atomic E-state index is -1.11. The molecule has 7 heteroatoms. The Hall–Kier alpha value is -1.53. The number of rotatable bonds is 7. The number of ether oxygens (including phenoxy) is 1. The van der Waals surface area contributed by atoms with Gasteiger partial charge in [-0.2, -0.15) is 0 Å². The van der Waals surface area contributed by atoms with Gasteiger partial charge in [-0.3, -0.25) is 0 Å². The van der Waals surface area contributed by atoms with E-state index in [0.717, 1.165) is 22.9 Å². The third kappa shape index (κ3) is 7.52. The lowest BCUT2D eigenvalue weighted by molar-refractivity contribution is 0.158. The van der Waals surface area contributed by atoms with Gasteiger partial charge in [0.05, 0.1) is 12.8 Å². The van der Waals surface area contributed by atoms with Crippen LogP contribution in [0.25, 0.3) is 0 Å². The third-order valence-corrected chi connectivity index (χ3v) is 5.29. The molecule has 0 atom stereocenters. The van der Waals surface area contributed by atoms with Crippen LogP contribution < -0.4 is 5.32 Å². The van der Waals surface area contributed by atoms with E-state index >= 15 is 0 Å². The highest BCUT2D eigenvalue weighted by Crippen LogP contribution is 2.18. The summed E-state index contributed by atoms with van der Waals surface area (Å²) in [6, 6.07) is 6.62. The first-order valence-electron chi connectivity index (χ1n) is 7.50. The van der Waals surface area contributed by atoms with Crippen LogP contribution in [0.3, 0.4) is 0 Å². The van der Waals surface area contributed by atoms with Gasteiger partial charge in [-0.15, -0.1) is 0 Å². The molecule has 1 N–H and O–H groups in total. The van der Waals surface area contributed by atoms with Gasteiger partial charge in [-0.05, 0) is 36.2 Å². The van der Waals surface area contributed by atoms with E-state index in [-0.39, 0.29) is 0 Å². The molecule has 0 saturated heterocycles. The lowest BCUT2D eigenvalue weighted by Gasteiger charge is -2.14. The molecular weight excluding hydrogens is 332 g/mol. The summed E-state index contributed by atoms with van der Waals surface area (Å²) in [6.07, 6.45) is -0.494. The van der Waals surface area contributed by atoms with Gasteiger partial charge in [-0.25, -0.2) is 4.79 Å². The molecule has 1 aromatic carbocycles. The Kier molecular flexibility index (Phi) is 7.58. The molecule has 1 aromatic rings. The first-order valence-corrected chi connectivity index (χ1v) is 11.6. The van der Waals surface area contributed by atoms with Crippen molar-refractivity contribution in [1.82, 2.24) is 5.32 Å². The second kappa shape index (κ2) is 8.93. The van der Waals surface area contributed by atoms with Crippen molar-refractivity contribution in [3.8, 4) is 0 Å². The predicted molar refractivity (Wildman–Crippen MR) is 97.0 cm³/mol. The van der Waals surface area contributed by atoms with Crippen molar-refractivity contribution >= 4 is 31.5 Å². The molecule has 0 aliphatic carbocycles. The van der Waals surface area contributed by atoms with Gasteiger partial charge in [0.25, 0.3) is 0 Å². The zero-order valence-electron chi connectivity index (χ0n) is 14.4. The van der Waals surface area contributed by atoms with Crippen molar-refractivity contribution in [3.63, 3.8) is 0 Å². The molecule has 1 amide bonds. The minimum absolute atomic E-state index is 0.295. The highest BCUT2D eigenvalue weighted by atomic mass is 35.5. The monoisotopic (exact) mass is 356 g/mol. The second-order valence-electron chi connectivity index (χ2n) is 6.47. The summed E-state index contributed by atoms with van der Waals surface area (Å²) in [5.74, 6) is 0. The summed E-state index contributed by atoms with van der Waals surface area (Å²) in [4.78, 5) is 16.6. The number of carbonyl (C=O) groups is 1. The van der Waals surface area contributed by atoms with E-state index in [4.69, 9.17) is 16.4 Å². The van der Waals surface area contributed by atoms with Crippen molar-refractivity contribution in [3.05, 3.63) is 34.3 Å². The maximum atomic E-state index is 11.2. The van der Waals surface area contributed by atoms with Gasteiger partial charge in [0.1, 0.15) is 6.61 Å². The summed E-state index contributed by atoms with van der Waals surface area (Å²) < 4.78 is 4.55. The van der Waals surface area contributed by atoms with Gasteiger partial charge in [0, 0.05) is 19.6 Å².